The van der Waals surface area contributed by atoms with Gasteiger partial charge in [0.15, 0.2) is 0 Å². The molecule has 1 aliphatic heterocycles. The summed E-state index contributed by atoms with van der Waals surface area (Å²) >= 11 is 0. The number of hydrogen-bond acceptors (Lipinski definition) is 5. The number of nitrogens with zero attached hydrogens (tertiary/aromatic N) is 2. The maximum Gasteiger partial charge on any atom is 0.262 e. The number of hydrogen-bond donors (Lipinski definition) is 1. The Morgan fingerprint density at radius 2 is 1.64 bits per heavy atom. The first-order valence-electron chi connectivity index (χ1n) is 9.44. The van der Waals surface area contributed by atoms with Crippen molar-refractivity contribution in [2.75, 3.05) is 6.54 Å². The lowest BCUT2D eigenvalue weighted by atomic mass is 9.93. The van der Waals surface area contributed by atoms with Crippen LogP contribution in [0.4, 0.5) is 0 Å². The molecule has 7 heteroatoms. The fourth-order valence-corrected chi connectivity index (χ4v) is 3.71. The van der Waals surface area contributed by atoms with Gasteiger partial charge in [0.25, 0.3) is 11.8 Å². The fraction of sp³-hybridized carbons (Fsp3) is 0.333. The zero-order chi connectivity index (χ0) is 19.5. The quantitative estimate of drug-likeness (QED) is 0.805. The highest BCUT2D eigenvalue weighted by Gasteiger charge is 2.36. The van der Waals surface area contributed by atoms with E-state index in [9.17, 15) is 14.4 Å². The van der Waals surface area contributed by atoms with Crippen LogP contribution in [0.2, 0.25) is 0 Å². The zero-order valence-electron chi connectivity index (χ0n) is 15.3. The first-order chi connectivity index (χ1) is 13.6. The molecule has 1 fully saturated rings. The van der Waals surface area contributed by atoms with E-state index in [1.807, 2.05) is 18.2 Å². The molecule has 1 N–H and O–H groups in total. The number of aromatic nitrogens is 1. The van der Waals surface area contributed by atoms with Gasteiger partial charge in [-0.05, 0) is 43.9 Å². The second-order valence-corrected chi connectivity index (χ2v) is 7.07. The van der Waals surface area contributed by atoms with Crippen molar-refractivity contribution in [1.82, 2.24) is 15.2 Å². The molecule has 28 heavy (non-hydrogen) atoms. The van der Waals surface area contributed by atoms with Crippen LogP contribution in [0.25, 0.3) is 0 Å². The Hall–Kier alpha value is -3.22. The van der Waals surface area contributed by atoms with Crippen molar-refractivity contribution in [2.24, 2.45) is 0 Å². The zero-order valence-corrected chi connectivity index (χ0v) is 15.3. The molecule has 0 atom stereocenters. The SMILES string of the molecule is O=C(CN1C(=O)c2ccccc2C1=O)NC1CCC(Oc2ccccn2)CC1. The summed E-state index contributed by atoms with van der Waals surface area (Å²) in [5.74, 6) is -0.532. The van der Waals surface area contributed by atoms with Crippen LogP contribution < -0.4 is 10.1 Å². The molecule has 0 saturated heterocycles. The molecular weight excluding hydrogens is 358 g/mol. The molecule has 1 saturated carbocycles. The van der Waals surface area contributed by atoms with E-state index in [0.29, 0.717) is 17.0 Å². The molecular formula is C21H21N3O4. The van der Waals surface area contributed by atoms with E-state index in [2.05, 4.69) is 10.3 Å². The van der Waals surface area contributed by atoms with Crippen LogP contribution >= 0.6 is 0 Å². The van der Waals surface area contributed by atoms with Gasteiger partial charge in [0, 0.05) is 18.3 Å². The third-order valence-corrected chi connectivity index (χ3v) is 5.14. The predicted octanol–water partition coefficient (Wildman–Crippen LogP) is 2.18. The van der Waals surface area contributed by atoms with Gasteiger partial charge in [-0.2, -0.15) is 0 Å². The van der Waals surface area contributed by atoms with Gasteiger partial charge in [-0.25, -0.2) is 4.98 Å². The summed E-state index contributed by atoms with van der Waals surface area (Å²) in [6.07, 6.45) is 4.97. The minimum atomic E-state index is -0.414. The summed E-state index contributed by atoms with van der Waals surface area (Å²) in [5.41, 5.74) is 0.708. The van der Waals surface area contributed by atoms with E-state index in [0.717, 1.165) is 30.6 Å². The maximum absolute atomic E-state index is 12.4. The molecule has 1 aromatic carbocycles. The van der Waals surface area contributed by atoms with E-state index < -0.39 is 11.8 Å². The highest BCUT2D eigenvalue weighted by molar-refractivity contribution is 6.22. The smallest absolute Gasteiger partial charge is 0.262 e. The van der Waals surface area contributed by atoms with Crippen molar-refractivity contribution >= 4 is 17.7 Å². The summed E-state index contributed by atoms with van der Waals surface area (Å²) in [4.78, 5) is 42.3. The van der Waals surface area contributed by atoms with Gasteiger partial charge < -0.3 is 10.1 Å². The monoisotopic (exact) mass is 379 g/mol. The van der Waals surface area contributed by atoms with Crippen molar-refractivity contribution in [3.05, 3.63) is 59.8 Å². The maximum atomic E-state index is 12.4. The summed E-state index contributed by atoms with van der Waals surface area (Å²) in [6, 6.07) is 12.2. The molecule has 0 radical (unpaired) electrons. The fourth-order valence-electron chi connectivity index (χ4n) is 3.71. The summed E-state index contributed by atoms with van der Waals surface area (Å²) < 4.78 is 5.86. The summed E-state index contributed by atoms with van der Waals surface area (Å²) in [7, 11) is 0. The average molecular weight is 379 g/mol. The van der Waals surface area contributed by atoms with Crippen LogP contribution in [0.15, 0.2) is 48.7 Å². The van der Waals surface area contributed by atoms with Gasteiger partial charge in [0.05, 0.1) is 11.1 Å². The number of fused-ring (bicyclic) bond motifs is 1. The molecule has 2 aromatic rings. The van der Waals surface area contributed by atoms with Gasteiger partial charge in [0.1, 0.15) is 12.6 Å². The molecule has 144 valence electrons. The number of pyridine rings is 1. The molecule has 0 bridgehead atoms. The normalized spacial score (nSPS) is 21.4. The Kier molecular flexibility index (Phi) is 5.06. The Labute approximate surface area is 162 Å². The highest BCUT2D eigenvalue weighted by atomic mass is 16.5. The van der Waals surface area contributed by atoms with Crippen LogP contribution in [0.3, 0.4) is 0 Å². The van der Waals surface area contributed by atoms with E-state index >= 15 is 0 Å². The Morgan fingerprint density at radius 3 is 2.25 bits per heavy atom. The third-order valence-electron chi connectivity index (χ3n) is 5.14. The topological polar surface area (TPSA) is 88.6 Å². The lowest BCUT2D eigenvalue weighted by Gasteiger charge is -2.29. The van der Waals surface area contributed by atoms with Crippen LogP contribution in [0.5, 0.6) is 5.88 Å². The van der Waals surface area contributed by atoms with E-state index in [1.165, 1.54) is 0 Å². The van der Waals surface area contributed by atoms with Crippen molar-refractivity contribution in [3.63, 3.8) is 0 Å². The van der Waals surface area contributed by atoms with Crippen LogP contribution in [-0.2, 0) is 4.79 Å². The second-order valence-electron chi connectivity index (χ2n) is 7.07. The number of ether oxygens (including phenoxy) is 1. The Morgan fingerprint density at radius 1 is 1.00 bits per heavy atom. The molecule has 1 aliphatic carbocycles. The van der Waals surface area contributed by atoms with Crippen molar-refractivity contribution < 1.29 is 19.1 Å². The first kappa shape index (κ1) is 18.2. The van der Waals surface area contributed by atoms with Gasteiger partial charge in [-0.1, -0.05) is 18.2 Å². The Bertz CT molecular complexity index is 857. The number of carbonyl (C=O) groups is 3. The Balaban J connectivity index is 1.26. The molecule has 7 nitrogen and oxygen atoms in total. The minimum Gasteiger partial charge on any atom is -0.474 e. The van der Waals surface area contributed by atoms with Gasteiger partial charge in [-0.3, -0.25) is 19.3 Å². The molecule has 2 heterocycles. The molecule has 4 rings (SSSR count). The first-order valence-corrected chi connectivity index (χ1v) is 9.44. The minimum absolute atomic E-state index is 0.0197. The van der Waals surface area contributed by atoms with Crippen LogP contribution in [-0.4, -0.2) is 46.3 Å². The number of amides is 3. The average Bonchev–Trinajstić information content (AvgIpc) is 2.95. The largest absolute Gasteiger partial charge is 0.474 e. The molecule has 1 aromatic heterocycles. The standard InChI is InChI=1S/C21H21N3O4/c25-18(13-24-20(26)16-5-1-2-6-17(16)21(24)27)23-14-8-10-15(11-9-14)28-19-7-3-4-12-22-19/h1-7,12,14-15H,8-11,13H2,(H,23,25). The molecule has 3 amide bonds. The van der Waals surface area contributed by atoms with E-state index in [-0.39, 0.29) is 24.6 Å². The van der Waals surface area contributed by atoms with Crippen LogP contribution in [0.1, 0.15) is 46.4 Å². The molecule has 2 aliphatic rings. The second kappa shape index (κ2) is 7.80. The number of nitrogens with one attached hydrogen (secondary N) is 1. The van der Waals surface area contributed by atoms with Gasteiger partial charge in [0.2, 0.25) is 11.8 Å². The number of benzene rings is 1. The van der Waals surface area contributed by atoms with Crippen LogP contribution in [0, 0.1) is 0 Å². The lowest BCUT2D eigenvalue weighted by Crippen LogP contribution is -2.45. The van der Waals surface area contributed by atoms with Crippen molar-refractivity contribution in [2.45, 2.75) is 37.8 Å². The van der Waals surface area contributed by atoms with E-state index in [1.54, 1.807) is 30.5 Å². The summed E-state index contributed by atoms with van der Waals surface area (Å²) in [5, 5.41) is 2.94. The highest BCUT2D eigenvalue weighted by Crippen LogP contribution is 2.24. The predicted molar refractivity (Wildman–Crippen MR) is 101 cm³/mol. The third kappa shape index (κ3) is 3.74. The number of carbonyl (C=O) groups excluding carboxylic acids is 3. The van der Waals surface area contributed by atoms with Crippen molar-refractivity contribution in [1.29, 1.82) is 0 Å². The van der Waals surface area contributed by atoms with Crippen molar-refractivity contribution in [3.8, 4) is 5.88 Å². The number of imide groups is 1. The summed E-state index contributed by atoms with van der Waals surface area (Å²) in [6.45, 7) is -0.253. The molecule has 0 spiro atoms. The van der Waals surface area contributed by atoms with Gasteiger partial charge >= 0.3 is 0 Å². The van der Waals surface area contributed by atoms with E-state index in [4.69, 9.17) is 4.74 Å². The van der Waals surface area contributed by atoms with Gasteiger partial charge in [-0.15, -0.1) is 0 Å². The molecule has 0 unspecified atom stereocenters. The number of rotatable bonds is 5. The lowest BCUT2D eigenvalue weighted by molar-refractivity contribution is -0.122.